The molecule has 1 N–H and O–H groups in total. The number of carbonyl (C=O) groups is 2. The van der Waals surface area contributed by atoms with Gasteiger partial charge in [0.15, 0.2) is 0 Å². The molecule has 1 aliphatic heterocycles. The number of rotatable bonds is 8. The van der Waals surface area contributed by atoms with Gasteiger partial charge in [-0.25, -0.2) is 0 Å². The third-order valence-corrected chi connectivity index (χ3v) is 4.67. The van der Waals surface area contributed by atoms with Crippen LogP contribution in [-0.2, 0) is 9.59 Å². The van der Waals surface area contributed by atoms with Crippen molar-refractivity contribution in [3.05, 3.63) is 0 Å². The molecule has 0 aromatic carbocycles. The second kappa shape index (κ2) is 9.03. The zero-order valence-corrected chi connectivity index (χ0v) is 13.7. The maximum absolute atomic E-state index is 12.3. The lowest BCUT2D eigenvalue weighted by atomic mass is 9.97. The van der Waals surface area contributed by atoms with Crippen molar-refractivity contribution in [3.63, 3.8) is 0 Å². The summed E-state index contributed by atoms with van der Waals surface area (Å²) in [6.45, 7) is 9.96. The minimum atomic E-state index is -0.731. The molecular formula is C16H30N2O3. The maximum atomic E-state index is 12.3. The molecule has 1 rings (SSSR count). The summed E-state index contributed by atoms with van der Waals surface area (Å²) in [5.74, 6) is -0.214. The first-order valence-corrected chi connectivity index (χ1v) is 8.24. The van der Waals surface area contributed by atoms with E-state index in [0.717, 1.165) is 25.9 Å². The Balaban J connectivity index is 2.42. The van der Waals surface area contributed by atoms with Crippen LogP contribution in [-0.4, -0.2) is 59.5 Å². The number of piperidine rings is 1. The Morgan fingerprint density at radius 2 is 1.76 bits per heavy atom. The van der Waals surface area contributed by atoms with Crippen LogP contribution in [0, 0.1) is 11.8 Å². The van der Waals surface area contributed by atoms with Crippen LogP contribution in [0.25, 0.3) is 0 Å². The summed E-state index contributed by atoms with van der Waals surface area (Å²) in [7, 11) is 0. The summed E-state index contributed by atoms with van der Waals surface area (Å²) in [5.41, 5.74) is 0. The average molecular weight is 298 g/mol. The fourth-order valence-electron chi connectivity index (χ4n) is 2.88. The molecule has 0 saturated carbocycles. The van der Waals surface area contributed by atoms with Crippen molar-refractivity contribution < 1.29 is 14.7 Å². The molecule has 5 nitrogen and oxygen atoms in total. The molecule has 0 radical (unpaired) electrons. The van der Waals surface area contributed by atoms with E-state index in [-0.39, 0.29) is 11.8 Å². The Morgan fingerprint density at radius 1 is 1.19 bits per heavy atom. The summed E-state index contributed by atoms with van der Waals surface area (Å²) >= 11 is 0. The van der Waals surface area contributed by atoms with E-state index < -0.39 is 5.97 Å². The van der Waals surface area contributed by atoms with E-state index >= 15 is 0 Å². The molecule has 21 heavy (non-hydrogen) atoms. The Kier molecular flexibility index (Phi) is 7.72. The number of carboxylic acids is 1. The van der Waals surface area contributed by atoms with Crippen LogP contribution in [0.2, 0.25) is 0 Å². The largest absolute Gasteiger partial charge is 0.481 e. The molecule has 0 aliphatic carbocycles. The lowest BCUT2D eigenvalue weighted by molar-refractivity contribution is -0.146. The summed E-state index contributed by atoms with van der Waals surface area (Å²) in [6.07, 6.45) is 3.45. The number of aliphatic carboxylic acids is 1. The van der Waals surface area contributed by atoms with Gasteiger partial charge in [-0.3, -0.25) is 14.5 Å². The molecule has 122 valence electrons. The second-order valence-electron chi connectivity index (χ2n) is 6.00. The van der Waals surface area contributed by atoms with Crippen LogP contribution < -0.4 is 0 Å². The van der Waals surface area contributed by atoms with Crippen molar-refractivity contribution in [1.29, 1.82) is 0 Å². The number of nitrogens with zero attached hydrogens (tertiary/aromatic N) is 2. The molecule has 0 aromatic rings. The van der Waals surface area contributed by atoms with Crippen molar-refractivity contribution in [2.75, 3.05) is 32.7 Å². The first-order chi connectivity index (χ1) is 10.0. The van der Waals surface area contributed by atoms with E-state index in [0.29, 0.717) is 38.4 Å². The summed E-state index contributed by atoms with van der Waals surface area (Å²) in [6, 6.07) is 0. The number of carboxylic acid groups (broad SMARTS) is 1. The predicted molar refractivity (Wildman–Crippen MR) is 83.1 cm³/mol. The molecule has 0 bridgehead atoms. The van der Waals surface area contributed by atoms with Gasteiger partial charge in [-0.2, -0.15) is 0 Å². The second-order valence-corrected chi connectivity index (χ2v) is 6.00. The third-order valence-electron chi connectivity index (χ3n) is 4.67. The highest BCUT2D eigenvalue weighted by molar-refractivity contribution is 5.79. The van der Waals surface area contributed by atoms with E-state index in [2.05, 4.69) is 25.7 Å². The molecule has 0 atom stereocenters. The minimum absolute atomic E-state index is 0.145. The van der Waals surface area contributed by atoms with Gasteiger partial charge in [-0.05, 0) is 25.3 Å². The van der Waals surface area contributed by atoms with E-state index in [1.807, 2.05) is 4.90 Å². The lowest BCUT2D eigenvalue weighted by Crippen LogP contribution is -2.45. The van der Waals surface area contributed by atoms with Gasteiger partial charge in [0.25, 0.3) is 0 Å². The topological polar surface area (TPSA) is 60.9 Å². The highest BCUT2D eigenvalue weighted by atomic mass is 16.4. The summed E-state index contributed by atoms with van der Waals surface area (Å²) in [5, 5.41) is 8.99. The Morgan fingerprint density at radius 3 is 2.19 bits per heavy atom. The minimum Gasteiger partial charge on any atom is -0.481 e. The third kappa shape index (κ3) is 5.65. The molecule has 1 amide bonds. The number of amides is 1. The van der Waals surface area contributed by atoms with Crippen molar-refractivity contribution in [3.8, 4) is 0 Å². The zero-order valence-electron chi connectivity index (χ0n) is 13.7. The molecule has 5 heteroatoms. The first-order valence-electron chi connectivity index (χ1n) is 8.24. The summed E-state index contributed by atoms with van der Waals surface area (Å²) in [4.78, 5) is 27.3. The van der Waals surface area contributed by atoms with Gasteiger partial charge in [0.1, 0.15) is 0 Å². The predicted octanol–water partition coefficient (Wildman–Crippen LogP) is 2.07. The number of likely N-dealkylation sites (tertiary alicyclic amines) is 1. The molecule has 1 aliphatic rings. The smallest absolute Gasteiger partial charge is 0.306 e. The van der Waals surface area contributed by atoms with Crippen LogP contribution in [0.5, 0.6) is 0 Å². The quantitative estimate of drug-likeness (QED) is 0.745. The van der Waals surface area contributed by atoms with Crippen LogP contribution in [0.1, 0.15) is 46.5 Å². The number of likely N-dealkylation sites (N-methyl/N-ethyl adjacent to an activating group) is 1. The normalized spacial score (nSPS) is 16.7. The molecular weight excluding hydrogens is 268 g/mol. The number of hydrogen-bond donors (Lipinski definition) is 1. The molecule has 0 aromatic heterocycles. The van der Waals surface area contributed by atoms with Gasteiger partial charge >= 0.3 is 5.97 Å². The van der Waals surface area contributed by atoms with Gasteiger partial charge in [0.05, 0.1) is 12.5 Å². The number of hydrogen-bond acceptors (Lipinski definition) is 3. The standard InChI is InChI=1S/C16H30N2O3/c1-4-13(5-2)11-17(6-3)12-15(19)18-9-7-14(8-10-18)16(20)21/h13-14H,4-12H2,1-3H3,(H,20,21). The fraction of sp³-hybridized carbons (Fsp3) is 0.875. The molecule has 1 heterocycles. The van der Waals surface area contributed by atoms with Gasteiger partial charge in [-0.1, -0.05) is 33.6 Å². The maximum Gasteiger partial charge on any atom is 0.306 e. The van der Waals surface area contributed by atoms with Crippen molar-refractivity contribution in [2.45, 2.75) is 46.5 Å². The Labute approximate surface area is 128 Å². The SMILES string of the molecule is CCC(CC)CN(CC)CC(=O)N1CCC(C(=O)O)CC1. The molecule has 1 saturated heterocycles. The number of carbonyl (C=O) groups excluding carboxylic acids is 1. The van der Waals surface area contributed by atoms with E-state index in [9.17, 15) is 9.59 Å². The Hall–Kier alpha value is -1.10. The van der Waals surface area contributed by atoms with Crippen molar-refractivity contribution in [2.24, 2.45) is 11.8 Å². The highest BCUT2D eigenvalue weighted by Gasteiger charge is 2.27. The van der Waals surface area contributed by atoms with Crippen molar-refractivity contribution in [1.82, 2.24) is 9.80 Å². The summed E-state index contributed by atoms with van der Waals surface area (Å²) < 4.78 is 0. The van der Waals surface area contributed by atoms with Crippen LogP contribution in [0.3, 0.4) is 0 Å². The van der Waals surface area contributed by atoms with Crippen LogP contribution in [0.4, 0.5) is 0 Å². The van der Waals surface area contributed by atoms with Gasteiger partial charge in [0, 0.05) is 19.6 Å². The van der Waals surface area contributed by atoms with E-state index in [1.165, 1.54) is 0 Å². The molecule has 1 fully saturated rings. The highest BCUT2D eigenvalue weighted by Crippen LogP contribution is 2.18. The fourth-order valence-corrected chi connectivity index (χ4v) is 2.88. The van der Waals surface area contributed by atoms with Gasteiger partial charge in [-0.15, -0.1) is 0 Å². The van der Waals surface area contributed by atoms with Gasteiger partial charge < -0.3 is 10.0 Å². The van der Waals surface area contributed by atoms with Crippen LogP contribution in [0.15, 0.2) is 0 Å². The van der Waals surface area contributed by atoms with E-state index in [4.69, 9.17) is 5.11 Å². The lowest BCUT2D eigenvalue weighted by Gasteiger charge is -2.32. The average Bonchev–Trinajstić information content (AvgIpc) is 2.51. The van der Waals surface area contributed by atoms with Crippen molar-refractivity contribution >= 4 is 11.9 Å². The molecule has 0 unspecified atom stereocenters. The Bertz CT molecular complexity index is 334. The monoisotopic (exact) mass is 298 g/mol. The van der Waals surface area contributed by atoms with E-state index in [1.54, 1.807) is 0 Å². The van der Waals surface area contributed by atoms with Crippen LogP contribution >= 0.6 is 0 Å². The zero-order chi connectivity index (χ0) is 15.8. The first kappa shape index (κ1) is 18.0. The molecule has 0 spiro atoms. The van der Waals surface area contributed by atoms with Gasteiger partial charge in [0.2, 0.25) is 5.91 Å².